The molecule has 0 bridgehead atoms. The van der Waals surface area contributed by atoms with Crippen molar-refractivity contribution in [3.8, 4) is 0 Å². The van der Waals surface area contributed by atoms with Gasteiger partial charge in [0, 0.05) is 0 Å². The van der Waals surface area contributed by atoms with Crippen molar-refractivity contribution in [3.05, 3.63) is 23.8 Å². The quantitative estimate of drug-likeness (QED) is 0.380. The highest BCUT2D eigenvalue weighted by molar-refractivity contribution is 6.28. The largest absolute Gasteiger partial charge is 0.416 e. The van der Waals surface area contributed by atoms with Gasteiger partial charge in [0.15, 0.2) is 0 Å². The van der Waals surface area contributed by atoms with E-state index < -0.39 is 24.5 Å². The van der Waals surface area contributed by atoms with Gasteiger partial charge in [-0.05, 0) is 18.2 Å². The zero-order chi connectivity index (χ0) is 16.3. The number of nitrogens with zero attached hydrogens (tertiary/aromatic N) is 1. The van der Waals surface area contributed by atoms with Gasteiger partial charge in [-0.25, -0.2) is 4.99 Å². The predicted molar refractivity (Wildman–Crippen MR) is 68.0 cm³/mol. The van der Waals surface area contributed by atoms with Crippen LogP contribution < -0.4 is 11.1 Å². The highest BCUT2D eigenvalue weighted by Gasteiger charge is 2.32. The molecule has 0 aromatic heterocycles. The van der Waals surface area contributed by atoms with E-state index in [-0.39, 0.29) is 23.1 Å². The first-order chi connectivity index (χ1) is 9.53. The normalized spacial score (nSPS) is 13.4. The van der Waals surface area contributed by atoms with Gasteiger partial charge in [0.2, 0.25) is 0 Å². The Morgan fingerprint density at radius 3 is 2.29 bits per heavy atom. The van der Waals surface area contributed by atoms with Gasteiger partial charge in [0.1, 0.15) is 12.4 Å². The third-order valence-electron chi connectivity index (χ3n) is 2.21. The molecule has 21 heavy (non-hydrogen) atoms. The van der Waals surface area contributed by atoms with Gasteiger partial charge in [0.25, 0.3) is 0 Å². The molecule has 3 N–H and O–H groups in total. The standard InChI is InChI=1S/C11H10ClF6N3/c12-4-9(19)21-8-3-6(11(16,17)18)1-2-7(8)20-5-10(13,14)15/h1-3,20H,4-5H2,(H2,19,21). The van der Waals surface area contributed by atoms with E-state index in [0.29, 0.717) is 12.1 Å². The molecule has 0 unspecified atom stereocenters. The van der Waals surface area contributed by atoms with Crippen LogP contribution in [0.15, 0.2) is 23.2 Å². The molecule has 0 aliphatic rings. The Hall–Kier alpha value is -1.64. The molecule has 0 atom stereocenters. The Bertz CT molecular complexity index is 524. The number of rotatable bonds is 4. The lowest BCUT2D eigenvalue weighted by atomic mass is 10.1. The molecular weight excluding hydrogens is 324 g/mol. The Balaban J connectivity index is 3.18. The number of halogens is 7. The molecule has 0 aliphatic carbocycles. The summed E-state index contributed by atoms with van der Waals surface area (Å²) >= 11 is 5.36. The van der Waals surface area contributed by atoms with Crippen molar-refractivity contribution in [1.29, 1.82) is 0 Å². The fourth-order valence-electron chi connectivity index (χ4n) is 1.33. The van der Waals surface area contributed by atoms with Crippen LogP contribution in [0.1, 0.15) is 5.56 Å². The molecule has 0 spiro atoms. The minimum absolute atomic E-state index is 0.217. The first-order valence-electron chi connectivity index (χ1n) is 5.44. The summed E-state index contributed by atoms with van der Waals surface area (Å²) < 4.78 is 74.2. The van der Waals surface area contributed by atoms with Crippen molar-refractivity contribution in [2.45, 2.75) is 12.4 Å². The summed E-state index contributed by atoms with van der Waals surface area (Å²) in [5.74, 6) is -0.486. The first-order valence-corrected chi connectivity index (χ1v) is 5.97. The van der Waals surface area contributed by atoms with Gasteiger partial charge >= 0.3 is 12.4 Å². The number of nitrogens with one attached hydrogen (secondary N) is 1. The fourth-order valence-corrected chi connectivity index (χ4v) is 1.39. The summed E-state index contributed by atoms with van der Waals surface area (Å²) in [6.07, 6.45) is -9.18. The monoisotopic (exact) mass is 333 g/mol. The molecule has 1 rings (SSSR count). The fraction of sp³-hybridized carbons (Fsp3) is 0.364. The molecule has 0 radical (unpaired) electrons. The minimum atomic E-state index is -4.65. The van der Waals surface area contributed by atoms with Crippen molar-refractivity contribution < 1.29 is 26.3 Å². The topological polar surface area (TPSA) is 50.4 Å². The molecule has 0 heterocycles. The molecule has 1 aromatic carbocycles. The van der Waals surface area contributed by atoms with Crippen molar-refractivity contribution in [3.63, 3.8) is 0 Å². The summed E-state index contributed by atoms with van der Waals surface area (Å²) in [6, 6.07) is 2.10. The molecule has 3 nitrogen and oxygen atoms in total. The highest BCUT2D eigenvalue weighted by Crippen LogP contribution is 2.35. The van der Waals surface area contributed by atoms with Crippen LogP contribution >= 0.6 is 11.6 Å². The second kappa shape index (κ2) is 6.42. The maximum Gasteiger partial charge on any atom is 0.416 e. The lowest BCUT2D eigenvalue weighted by Crippen LogP contribution is -2.21. The van der Waals surface area contributed by atoms with Crippen molar-refractivity contribution in [1.82, 2.24) is 0 Å². The SMILES string of the molecule is NC(CCl)=Nc1cc(C(F)(F)F)ccc1NCC(F)(F)F. The van der Waals surface area contributed by atoms with Crippen LogP contribution in [0.5, 0.6) is 0 Å². The summed E-state index contributed by atoms with van der Waals surface area (Å²) in [5.41, 5.74) is 3.65. The van der Waals surface area contributed by atoms with Gasteiger partial charge in [-0.3, -0.25) is 0 Å². The summed E-state index contributed by atoms with van der Waals surface area (Å²) in [5, 5.41) is 1.96. The van der Waals surface area contributed by atoms with E-state index in [4.69, 9.17) is 17.3 Å². The van der Waals surface area contributed by atoms with E-state index in [1.165, 1.54) is 0 Å². The molecule has 118 valence electrons. The Labute approximate surface area is 120 Å². The third-order valence-corrected chi connectivity index (χ3v) is 2.48. The molecule has 1 aromatic rings. The maximum atomic E-state index is 12.6. The lowest BCUT2D eigenvalue weighted by Gasteiger charge is -2.14. The number of amidine groups is 1. The van der Waals surface area contributed by atoms with E-state index >= 15 is 0 Å². The van der Waals surface area contributed by atoms with Gasteiger partial charge in [0.05, 0.1) is 22.8 Å². The molecule has 0 saturated heterocycles. The number of benzene rings is 1. The summed E-state index contributed by atoms with van der Waals surface area (Å²) in [6.45, 7) is -1.42. The molecule has 0 fully saturated rings. The van der Waals surface area contributed by atoms with Crippen LogP contribution in [-0.2, 0) is 6.18 Å². The number of aliphatic imine (C=N–C) groups is 1. The number of nitrogens with two attached hydrogens (primary N) is 1. The predicted octanol–water partition coefficient (Wildman–Crippen LogP) is 3.91. The van der Waals surface area contributed by atoms with Crippen LogP contribution in [0.25, 0.3) is 0 Å². The molecule has 0 aliphatic heterocycles. The first kappa shape index (κ1) is 17.4. The van der Waals surface area contributed by atoms with E-state index in [1.807, 2.05) is 5.32 Å². The number of alkyl halides is 7. The molecule has 0 saturated carbocycles. The van der Waals surface area contributed by atoms with Crippen LogP contribution in [0, 0.1) is 0 Å². The van der Waals surface area contributed by atoms with Crippen molar-refractivity contribution in [2.75, 3.05) is 17.7 Å². The van der Waals surface area contributed by atoms with Gasteiger partial charge < -0.3 is 11.1 Å². The Kier molecular flexibility index (Phi) is 5.32. The number of anilines is 1. The number of hydrogen-bond acceptors (Lipinski definition) is 2. The van der Waals surface area contributed by atoms with E-state index in [2.05, 4.69) is 4.99 Å². The minimum Gasteiger partial charge on any atom is -0.386 e. The van der Waals surface area contributed by atoms with Crippen LogP contribution in [0.3, 0.4) is 0 Å². The van der Waals surface area contributed by atoms with E-state index in [1.54, 1.807) is 0 Å². The summed E-state index contributed by atoms with van der Waals surface area (Å²) in [7, 11) is 0. The average Bonchev–Trinajstić information content (AvgIpc) is 2.34. The van der Waals surface area contributed by atoms with Crippen molar-refractivity contribution >= 4 is 28.8 Å². The van der Waals surface area contributed by atoms with Gasteiger partial charge in [-0.2, -0.15) is 26.3 Å². The molecular formula is C11H10ClF6N3. The zero-order valence-corrected chi connectivity index (χ0v) is 11.1. The second-order valence-electron chi connectivity index (χ2n) is 3.94. The van der Waals surface area contributed by atoms with Crippen LogP contribution in [-0.4, -0.2) is 24.4 Å². The molecule has 0 amide bonds. The van der Waals surface area contributed by atoms with E-state index in [9.17, 15) is 26.3 Å². The lowest BCUT2D eigenvalue weighted by molar-refractivity contribution is -0.137. The van der Waals surface area contributed by atoms with Gasteiger partial charge in [-0.15, -0.1) is 11.6 Å². The molecule has 10 heteroatoms. The van der Waals surface area contributed by atoms with Crippen LogP contribution in [0.4, 0.5) is 37.7 Å². The maximum absolute atomic E-state index is 12.6. The zero-order valence-electron chi connectivity index (χ0n) is 10.3. The van der Waals surface area contributed by atoms with Crippen molar-refractivity contribution in [2.24, 2.45) is 10.7 Å². The van der Waals surface area contributed by atoms with E-state index in [0.717, 1.165) is 6.07 Å². The Morgan fingerprint density at radius 1 is 1.19 bits per heavy atom. The third kappa shape index (κ3) is 5.70. The highest BCUT2D eigenvalue weighted by atomic mass is 35.5. The number of hydrogen-bond donors (Lipinski definition) is 2. The Morgan fingerprint density at radius 2 is 1.81 bits per heavy atom. The van der Waals surface area contributed by atoms with Crippen LogP contribution in [0.2, 0.25) is 0 Å². The smallest absolute Gasteiger partial charge is 0.386 e. The summed E-state index contributed by atoms with van der Waals surface area (Å²) in [4.78, 5) is 3.58. The second-order valence-corrected chi connectivity index (χ2v) is 4.20. The van der Waals surface area contributed by atoms with Gasteiger partial charge in [-0.1, -0.05) is 0 Å². The average molecular weight is 334 g/mol.